The molecule has 0 amide bonds. The summed E-state index contributed by atoms with van der Waals surface area (Å²) in [5, 5.41) is 11.9. The van der Waals surface area contributed by atoms with Crippen molar-refractivity contribution in [1.29, 1.82) is 0 Å². The number of nitrogens with two attached hydrogens (primary N) is 1. The molecule has 0 fully saturated rings. The molecule has 0 aliphatic rings. The molecule has 0 aromatic heterocycles. The Balaban J connectivity index is 2.45. The van der Waals surface area contributed by atoms with Crippen LogP contribution in [0, 0.1) is 10.1 Å². The fourth-order valence-electron chi connectivity index (χ4n) is 1.44. The average Bonchev–Trinajstić information content (AvgIpc) is 2.33. The molecule has 0 aliphatic carbocycles. The summed E-state index contributed by atoms with van der Waals surface area (Å²) in [5.74, 6) is 0. The lowest BCUT2D eigenvalue weighted by Crippen LogP contribution is -1.92. The minimum atomic E-state index is -0.459. The molecule has 0 unspecified atom stereocenters. The standard InChI is InChI=1S/C12H8Cl2N2O2S/c13-7-1-3-9(15)11(5-7)19-12-6-8(14)2-4-10(12)16(17)18/h1-6H,15H2. The molecule has 0 saturated heterocycles. The predicted molar refractivity (Wildman–Crippen MR) is 78.1 cm³/mol. The summed E-state index contributed by atoms with van der Waals surface area (Å²) in [6, 6.07) is 9.35. The zero-order chi connectivity index (χ0) is 14.0. The quantitative estimate of drug-likeness (QED) is 0.509. The lowest BCUT2D eigenvalue weighted by Gasteiger charge is -2.07. The highest BCUT2D eigenvalue weighted by Gasteiger charge is 2.16. The molecular weight excluding hydrogens is 307 g/mol. The lowest BCUT2D eigenvalue weighted by molar-refractivity contribution is -0.387. The van der Waals surface area contributed by atoms with Crippen molar-refractivity contribution in [3.8, 4) is 0 Å². The number of hydrogen-bond donors (Lipinski definition) is 1. The first kappa shape index (κ1) is 14.0. The molecule has 2 aromatic rings. The van der Waals surface area contributed by atoms with E-state index >= 15 is 0 Å². The number of nitro benzene ring substituents is 1. The topological polar surface area (TPSA) is 69.2 Å². The number of nitro groups is 1. The van der Waals surface area contributed by atoms with Gasteiger partial charge in [0, 0.05) is 26.7 Å². The van der Waals surface area contributed by atoms with Crippen LogP contribution in [0.4, 0.5) is 11.4 Å². The Hall–Kier alpha value is -1.43. The van der Waals surface area contributed by atoms with Crippen molar-refractivity contribution in [2.75, 3.05) is 5.73 Å². The van der Waals surface area contributed by atoms with E-state index in [4.69, 9.17) is 28.9 Å². The first-order valence-corrected chi connectivity index (χ1v) is 6.71. The SMILES string of the molecule is Nc1ccc(Cl)cc1Sc1cc(Cl)ccc1[N+](=O)[O-]. The number of anilines is 1. The second-order valence-corrected chi connectivity index (χ2v) is 5.61. The maximum Gasteiger partial charge on any atom is 0.283 e. The van der Waals surface area contributed by atoms with Crippen LogP contribution >= 0.6 is 35.0 Å². The van der Waals surface area contributed by atoms with Crippen molar-refractivity contribution in [1.82, 2.24) is 0 Å². The van der Waals surface area contributed by atoms with Crippen LogP contribution in [0.2, 0.25) is 10.0 Å². The van der Waals surface area contributed by atoms with Gasteiger partial charge in [-0.25, -0.2) is 0 Å². The molecule has 4 nitrogen and oxygen atoms in total. The zero-order valence-corrected chi connectivity index (χ0v) is 11.8. The van der Waals surface area contributed by atoms with Crippen LogP contribution in [-0.4, -0.2) is 4.92 Å². The summed E-state index contributed by atoms with van der Waals surface area (Å²) in [4.78, 5) is 11.6. The molecule has 2 aromatic carbocycles. The number of hydrogen-bond acceptors (Lipinski definition) is 4. The summed E-state index contributed by atoms with van der Waals surface area (Å²) < 4.78 is 0. The van der Waals surface area contributed by atoms with Crippen molar-refractivity contribution in [2.45, 2.75) is 9.79 Å². The molecule has 0 radical (unpaired) electrons. The minimum absolute atomic E-state index is 0.0197. The number of rotatable bonds is 3. The molecule has 0 heterocycles. The van der Waals surface area contributed by atoms with Gasteiger partial charge >= 0.3 is 0 Å². The molecule has 2 N–H and O–H groups in total. The van der Waals surface area contributed by atoms with Gasteiger partial charge in [0.25, 0.3) is 5.69 Å². The number of nitrogens with zero attached hydrogens (tertiary/aromatic N) is 1. The molecule has 0 bridgehead atoms. The highest BCUT2D eigenvalue weighted by molar-refractivity contribution is 7.99. The maximum absolute atomic E-state index is 11.0. The second kappa shape index (κ2) is 5.69. The highest BCUT2D eigenvalue weighted by atomic mass is 35.5. The fourth-order valence-corrected chi connectivity index (χ4v) is 2.95. The first-order valence-electron chi connectivity index (χ1n) is 5.14. The van der Waals surface area contributed by atoms with Gasteiger partial charge < -0.3 is 5.73 Å². The molecule has 19 heavy (non-hydrogen) atoms. The van der Waals surface area contributed by atoms with E-state index in [1.54, 1.807) is 18.2 Å². The Kier molecular flexibility index (Phi) is 4.19. The third-order valence-electron chi connectivity index (χ3n) is 2.31. The third-order valence-corrected chi connectivity index (χ3v) is 3.90. The van der Waals surface area contributed by atoms with E-state index in [0.29, 0.717) is 25.5 Å². The molecule has 0 aliphatic heterocycles. The summed E-state index contributed by atoms with van der Waals surface area (Å²) in [5.41, 5.74) is 6.30. The van der Waals surface area contributed by atoms with E-state index in [0.717, 1.165) is 11.8 Å². The van der Waals surface area contributed by atoms with Crippen LogP contribution in [0.25, 0.3) is 0 Å². The van der Waals surface area contributed by atoms with Crippen LogP contribution in [0.3, 0.4) is 0 Å². The van der Waals surface area contributed by atoms with Gasteiger partial charge in [0.2, 0.25) is 0 Å². The van der Waals surface area contributed by atoms with Crippen molar-refractivity contribution in [3.63, 3.8) is 0 Å². The zero-order valence-electron chi connectivity index (χ0n) is 9.47. The van der Waals surface area contributed by atoms with Crippen molar-refractivity contribution in [2.24, 2.45) is 0 Å². The van der Waals surface area contributed by atoms with E-state index in [-0.39, 0.29) is 5.69 Å². The fraction of sp³-hybridized carbons (Fsp3) is 0. The van der Waals surface area contributed by atoms with Crippen LogP contribution in [-0.2, 0) is 0 Å². The molecule has 7 heteroatoms. The highest BCUT2D eigenvalue weighted by Crippen LogP contribution is 2.39. The molecule has 2 rings (SSSR count). The molecule has 0 spiro atoms. The van der Waals surface area contributed by atoms with Gasteiger partial charge in [-0.3, -0.25) is 10.1 Å². The first-order chi connectivity index (χ1) is 8.97. The monoisotopic (exact) mass is 314 g/mol. The van der Waals surface area contributed by atoms with E-state index in [9.17, 15) is 10.1 Å². The van der Waals surface area contributed by atoms with Crippen LogP contribution in [0.1, 0.15) is 0 Å². The number of benzene rings is 2. The van der Waals surface area contributed by atoms with Crippen molar-refractivity contribution in [3.05, 3.63) is 56.6 Å². The Morgan fingerprint density at radius 3 is 2.26 bits per heavy atom. The number of nitrogen functional groups attached to an aromatic ring is 1. The molecule has 0 atom stereocenters. The Morgan fingerprint density at radius 2 is 1.63 bits per heavy atom. The minimum Gasteiger partial charge on any atom is -0.398 e. The Bertz CT molecular complexity index is 650. The largest absolute Gasteiger partial charge is 0.398 e. The van der Waals surface area contributed by atoms with Crippen LogP contribution in [0.5, 0.6) is 0 Å². The van der Waals surface area contributed by atoms with Gasteiger partial charge in [-0.15, -0.1) is 0 Å². The third kappa shape index (κ3) is 3.32. The summed E-state index contributed by atoms with van der Waals surface area (Å²) >= 11 is 12.9. The van der Waals surface area contributed by atoms with Crippen LogP contribution < -0.4 is 5.73 Å². The Morgan fingerprint density at radius 1 is 1.05 bits per heavy atom. The second-order valence-electron chi connectivity index (χ2n) is 3.65. The maximum atomic E-state index is 11.0. The molecular formula is C12H8Cl2N2O2S. The average molecular weight is 315 g/mol. The number of halogens is 2. The smallest absolute Gasteiger partial charge is 0.283 e. The van der Waals surface area contributed by atoms with E-state index in [1.807, 2.05) is 0 Å². The summed E-state index contributed by atoms with van der Waals surface area (Å²) in [6.45, 7) is 0. The predicted octanol–water partition coefficient (Wildman–Crippen LogP) is 4.64. The van der Waals surface area contributed by atoms with E-state index in [2.05, 4.69) is 0 Å². The summed E-state index contributed by atoms with van der Waals surface area (Å²) in [7, 11) is 0. The lowest BCUT2D eigenvalue weighted by atomic mass is 10.3. The van der Waals surface area contributed by atoms with Gasteiger partial charge in [-0.1, -0.05) is 35.0 Å². The molecule has 98 valence electrons. The van der Waals surface area contributed by atoms with Gasteiger partial charge in [0.1, 0.15) is 0 Å². The Labute approximate surface area is 123 Å². The van der Waals surface area contributed by atoms with Gasteiger partial charge in [0.05, 0.1) is 9.82 Å². The van der Waals surface area contributed by atoms with Gasteiger partial charge in [0.15, 0.2) is 0 Å². The van der Waals surface area contributed by atoms with E-state index in [1.165, 1.54) is 18.2 Å². The van der Waals surface area contributed by atoms with Crippen molar-refractivity contribution < 1.29 is 4.92 Å². The van der Waals surface area contributed by atoms with Crippen LogP contribution in [0.15, 0.2) is 46.2 Å². The van der Waals surface area contributed by atoms with Crippen molar-refractivity contribution >= 4 is 46.3 Å². The normalized spacial score (nSPS) is 10.4. The van der Waals surface area contributed by atoms with Gasteiger partial charge in [-0.05, 0) is 30.3 Å². The summed E-state index contributed by atoms with van der Waals surface area (Å²) in [6.07, 6.45) is 0. The van der Waals surface area contributed by atoms with Gasteiger partial charge in [-0.2, -0.15) is 0 Å². The van der Waals surface area contributed by atoms with E-state index < -0.39 is 4.92 Å². The molecule has 0 saturated carbocycles.